The van der Waals surface area contributed by atoms with Gasteiger partial charge in [-0.25, -0.2) is 9.59 Å². The van der Waals surface area contributed by atoms with Crippen molar-refractivity contribution in [3.63, 3.8) is 0 Å². The topological polar surface area (TPSA) is 88.6 Å². The van der Waals surface area contributed by atoms with Gasteiger partial charge in [-0.05, 0) is 24.3 Å². The summed E-state index contributed by atoms with van der Waals surface area (Å²) in [7, 11) is 4.19. The number of amides is 1. The predicted molar refractivity (Wildman–Crippen MR) is 113 cm³/mol. The van der Waals surface area contributed by atoms with Crippen LogP contribution in [0.2, 0.25) is 0 Å². The zero-order valence-corrected chi connectivity index (χ0v) is 18.2. The molecule has 0 saturated carbocycles. The lowest BCUT2D eigenvalue weighted by molar-refractivity contribution is -0.157. The SMILES string of the molecule is COC(=O)[C@@H]1CS[C@@H](C(=O)OC)N1C(=O)CN1CCN(c2ccc(OC)cc2)CC1. The van der Waals surface area contributed by atoms with Crippen LogP contribution in [0.1, 0.15) is 0 Å². The van der Waals surface area contributed by atoms with Crippen LogP contribution < -0.4 is 9.64 Å². The largest absolute Gasteiger partial charge is 0.497 e. The summed E-state index contributed by atoms with van der Waals surface area (Å²) in [5.74, 6) is -0.213. The summed E-state index contributed by atoms with van der Waals surface area (Å²) in [6, 6.07) is 7.11. The smallest absolute Gasteiger partial charge is 0.339 e. The van der Waals surface area contributed by atoms with Crippen LogP contribution in [0.4, 0.5) is 5.69 Å². The van der Waals surface area contributed by atoms with Gasteiger partial charge in [-0.3, -0.25) is 9.69 Å². The fourth-order valence-electron chi connectivity index (χ4n) is 3.64. The molecule has 164 valence electrons. The Bertz CT molecular complexity index is 742. The van der Waals surface area contributed by atoms with Gasteiger partial charge in [-0.2, -0.15) is 0 Å². The minimum atomic E-state index is -0.827. The number of carbonyl (C=O) groups is 3. The van der Waals surface area contributed by atoms with Gasteiger partial charge in [-0.1, -0.05) is 0 Å². The van der Waals surface area contributed by atoms with E-state index < -0.39 is 23.4 Å². The van der Waals surface area contributed by atoms with E-state index in [-0.39, 0.29) is 12.5 Å². The van der Waals surface area contributed by atoms with Gasteiger partial charge < -0.3 is 24.0 Å². The first-order valence-electron chi connectivity index (χ1n) is 9.68. The van der Waals surface area contributed by atoms with Gasteiger partial charge in [0.15, 0.2) is 5.37 Å². The lowest BCUT2D eigenvalue weighted by atomic mass is 10.2. The maximum Gasteiger partial charge on any atom is 0.339 e. The molecule has 2 atom stereocenters. The van der Waals surface area contributed by atoms with Gasteiger partial charge in [0.2, 0.25) is 5.91 Å². The fourth-order valence-corrected chi connectivity index (χ4v) is 4.96. The molecule has 1 amide bonds. The molecule has 2 aliphatic heterocycles. The van der Waals surface area contributed by atoms with Crippen molar-refractivity contribution in [1.82, 2.24) is 9.80 Å². The molecule has 2 fully saturated rings. The summed E-state index contributed by atoms with van der Waals surface area (Å²) in [6.07, 6.45) is 0. The third-order valence-electron chi connectivity index (χ3n) is 5.33. The van der Waals surface area contributed by atoms with Crippen molar-refractivity contribution < 1.29 is 28.6 Å². The normalized spacial score (nSPS) is 22.0. The first-order valence-corrected chi connectivity index (χ1v) is 10.7. The number of hydrogen-bond acceptors (Lipinski definition) is 9. The molecule has 2 aliphatic rings. The number of nitrogens with zero attached hydrogens (tertiary/aromatic N) is 3. The van der Waals surface area contributed by atoms with Crippen molar-refractivity contribution in [1.29, 1.82) is 0 Å². The van der Waals surface area contributed by atoms with Gasteiger partial charge >= 0.3 is 11.9 Å². The Kier molecular flexibility index (Phi) is 7.43. The van der Waals surface area contributed by atoms with Gasteiger partial charge in [0.05, 0.1) is 27.9 Å². The molecule has 3 rings (SSSR count). The van der Waals surface area contributed by atoms with Crippen LogP contribution in [0.5, 0.6) is 5.75 Å². The van der Waals surface area contributed by atoms with Gasteiger partial charge in [-0.15, -0.1) is 11.8 Å². The Hall–Kier alpha value is -2.46. The molecular weight excluding hydrogens is 410 g/mol. The van der Waals surface area contributed by atoms with E-state index in [9.17, 15) is 14.4 Å². The van der Waals surface area contributed by atoms with Crippen LogP contribution in [0.3, 0.4) is 0 Å². The van der Waals surface area contributed by atoms with Crippen molar-refractivity contribution in [3.05, 3.63) is 24.3 Å². The molecule has 10 heteroatoms. The van der Waals surface area contributed by atoms with E-state index in [4.69, 9.17) is 14.2 Å². The maximum absolute atomic E-state index is 13.0. The molecule has 0 N–H and O–H groups in total. The second-order valence-electron chi connectivity index (χ2n) is 7.01. The van der Waals surface area contributed by atoms with E-state index in [1.807, 2.05) is 29.2 Å². The Morgan fingerprint density at radius 3 is 2.17 bits per heavy atom. The molecule has 0 spiro atoms. The summed E-state index contributed by atoms with van der Waals surface area (Å²) in [5.41, 5.74) is 1.11. The standard InChI is InChI=1S/C20H27N3O6S/c1-27-15-6-4-14(5-7-15)22-10-8-21(9-11-22)12-17(24)23-16(19(25)28-2)13-30-18(23)20(26)29-3/h4-7,16,18H,8-13H2,1-3H3/t16-,18-/m0/s1. The highest BCUT2D eigenvalue weighted by molar-refractivity contribution is 8.00. The van der Waals surface area contributed by atoms with E-state index in [1.165, 1.54) is 30.9 Å². The molecule has 1 aromatic carbocycles. The molecule has 0 aromatic heterocycles. The molecule has 0 aliphatic carbocycles. The third-order valence-corrected chi connectivity index (χ3v) is 6.58. The Balaban J connectivity index is 1.60. The first-order chi connectivity index (χ1) is 14.5. The van der Waals surface area contributed by atoms with Crippen molar-refractivity contribution in [2.45, 2.75) is 11.4 Å². The molecule has 2 saturated heterocycles. The molecule has 1 aromatic rings. The van der Waals surface area contributed by atoms with Gasteiger partial charge in [0.1, 0.15) is 11.8 Å². The predicted octanol–water partition coefficient (Wildman–Crippen LogP) is 0.433. The minimum absolute atomic E-state index is 0.137. The van der Waals surface area contributed by atoms with E-state index in [0.29, 0.717) is 18.8 Å². The van der Waals surface area contributed by atoms with E-state index in [2.05, 4.69) is 4.90 Å². The lowest BCUT2D eigenvalue weighted by Gasteiger charge is -2.37. The zero-order valence-electron chi connectivity index (χ0n) is 17.4. The number of piperazine rings is 1. The number of hydrogen-bond donors (Lipinski definition) is 0. The molecule has 0 radical (unpaired) electrons. The monoisotopic (exact) mass is 437 g/mol. The molecule has 30 heavy (non-hydrogen) atoms. The zero-order chi connectivity index (χ0) is 21.7. The van der Waals surface area contributed by atoms with E-state index in [0.717, 1.165) is 24.5 Å². The number of rotatable bonds is 6. The van der Waals surface area contributed by atoms with Crippen LogP contribution >= 0.6 is 11.8 Å². The highest BCUT2D eigenvalue weighted by Gasteiger charge is 2.46. The van der Waals surface area contributed by atoms with Crippen molar-refractivity contribution in [2.75, 3.05) is 64.7 Å². The molecule has 9 nitrogen and oxygen atoms in total. The highest BCUT2D eigenvalue weighted by Crippen LogP contribution is 2.31. The quantitative estimate of drug-likeness (QED) is 0.588. The molecule has 2 heterocycles. The summed E-state index contributed by atoms with van der Waals surface area (Å²) in [4.78, 5) is 42.8. The second-order valence-corrected chi connectivity index (χ2v) is 8.12. The van der Waals surface area contributed by atoms with Gasteiger partial charge in [0.25, 0.3) is 0 Å². The fraction of sp³-hybridized carbons (Fsp3) is 0.550. The van der Waals surface area contributed by atoms with Crippen molar-refractivity contribution in [2.24, 2.45) is 0 Å². The van der Waals surface area contributed by atoms with Crippen LogP contribution in [-0.2, 0) is 23.9 Å². The number of benzene rings is 1. The van der Waals surface area contributed by atoms with Gasteiger partial charge in [0, 0.05) is 37.6 Å². The molecular formula is C20H27N3O6S. The van der Waals surface area contributed by atoms with Crippen LogP contribution in [0.25, 0.3) is 0 Å². The summed E-state index contributed by atoms with van der Waals surface area (Å²) < 4.78 is 14.8. The minimum Gasteiger partial charge on any atom is -0.497 e. The Morgan fingerprint density at radius 2 is 1.60 bits per heavy atom. The number of carbonyl (C=O) groups excluding carboxylic acids is 3. The van der Waals surface area contributed by atoms with Crippen LogP contribution in [0, 0.1) is 0 Å². The Morgan fingerprint density at radius 1 is 0.967 bits per heavy atom. The highest BCUT2D eigenvalue weighted by atomic mass is 32.2. The summed E-state index contributed by atoms with van der Waals surface area (Å²) in [5, 5.41) is -0.827. The Labute approximate surface area is 180 Å². The number of methoxy groups -OCH3 is 3. The van der Waals surface area contributed by atoms with Crippen molar-refractivity contribution >= 4 is 35.3 Å². The number of esters is 2. The average Bonchev–Trinajstić information content (AvgIpc) is 3.24. The van der Waals surface area contributed by atoms with Crippen LogP contribution in [-0.4, -0.2) is 98.9 Å². The first kappa shape index (κ1) is 22.2. The third kappa shape index (κ3) is 4.81. The number of anilines is 1. The average molecular weight is 438 g/mol. The summed E-state index contributed by atoms with van der Waals surface area (Å²) >= 11 is 1.22. The van der Waals surface area contributed by atoms with E-state index >= 15 is 0 Å². The molecule has 0 bridgehead atoms. The summed E-state index contributed by atoms with van der Waals surface area (Å²) in [6.45, 7) is 3.08. The number of ether oxygens (including phenoxy) is 3. The number of thioether (sulfide) groups is 1. The molecule has 0 unspecified atom stereocenters. The van der Waals surface area contributed by atoms with Crippen LogP contribution in [0.15, 0.2) is 24.3 Å². The lowest BCUT2D eigenvalue weighted by Crippen LogP contribution is -2.54. The second kappa shape index (κ2) is 10.0. The van der Waals surface area contributed by atoms with Crippen molar-refractivity contribution in [3.8, 4) is 5.75 Å². The maximum atomic E-state index is 13.0. The van der Waals surface area contributed by atoms with E-state index in [1.54, 1.807) is 7.11 Å².